The molecule has 6 heteroatoms. The van der Waals surface area contributed by atoms with E-state index in [2.05, 4.69) is 11.1 Å². The van der Waals surface area contributed by atoms with Crippen molar-refractivity contribution < 1.29 is 9.18 Å². The maximum absolute atomic E-state index is 14.4. The molecule has 0 saturated carbocycles. The van der Waals surface area contributed by atoms with Gasteiger partial charge in [-0.1, -0.05) is 31.2 Å². The van der Waals surface area contributed by atoms with Crippen LogP contribution >= 0.6 is 0 Å². The smallest absolute Gasteiger partial charge is 0.241 e. The first-order valence-electron chi connectivity index (χ1n) is 9.10. The Morgan fingerprint density at radius 1 is 1.32 bits per heavy atom. The highest BCUT2D eigenvalue weighted by molar-refractivity contribution is 5.84. The van der Waals surface area contributed by atoms with Crippen molar-refractivity contribution in [3.63, 3.8) is 0 Å². The number of hydrogen-bond acceptors (Lipinski definition) is 3. The summed E-state index contributed by atoms with van der Waals surface area (Å²) in [4.78, 5) is 16.6. The zero-order valence-corrected chi connectivity index (χ0v) is 16.4. The normalized spacial score (nSPS) is 13.9. The van der Waals surface area contributed by atoms with Crippen molar-refractivity contribution in [1.82, 2.24) is 9.55 Å². The van der Waals surface area contributed by atoms with Crippen LogP contribution in [0.25, 0.3) is 11.0 Å². The van der Waals surface area contributed by atoms with Gasteiger partial charge in [0.1, 0.15) is 17.4 Å². The molecule has 0 saturated heterocycles. The number of imidazole rings is 1. The van der Waals surface area contributed by atoms with Crippen molar-refractivity contribution in [3.05, 3.63) is 65.2 Å². The molecule has 0 bridgehead atoms. The van der Waals surface area contributed by atoms with E-state index in [1.807, 2.05) is 45.9 Å². The van der Waals surface area contributed by atoms with E-state index in [0.717, 1.165) is 16.7 Å². The van der Waals surface area contributed by atoms with Crippen LogP contribution in [0.4, 0.5) is 4.39 Å². The van der Waals surface area contributed by atoms with Crippen molar-refractivity contribution in [2.24, 2.45) is 5.73 Å². The summed E-state index contributed by atoms with van der Waals surface area (Å²) in [5.41, 5.74) is 8.61. The molecule has 0 aliphatic rings. The maximum Gasteiger partial charge on any atom is 0.241 e. The number of carbonyl (C=O) groups excluding carboxylic acids is 1. The fourth-order valence-corrected chi connectivity index (χ4v) is 3.69. The molecular formula is C22H23FN4O. The van der Waals surface area contributed by atoms with E-state index in [4.69, 9.17) is 5.73 Å². The van der Waals surface area contributed by atoms with E-state index in [1.54, 1.807) is 12.1 Å². The first-order chi connectivity index (χ1) is 13.2. The number of aromatic nitrogens is 2. The van der Waals surface area contributed by atoms with Crippen molar-refractivity contribution in [1.29, 1.82) is 5.26 Å². The molecule has 0 aliphatic carbocycles. The molecule has 0 spiro atoms. The van der Waals surface area contributed by atoms with Crippen LogP contribution in [0.3, 0.4) is 0 Å². The van der Waals surface area contributed by atoms with Gasteiger partial charge in [0.15, 0.2) is 0 Å². The summed E-state index contributed by atoms with van der Waals surface area (Å²) < 4.78 is 15.9. The number of para-hydroxylation sites is 1. The fraction of sp³-hybridized carbons (Fsp3) is 0.318. The summed E-state index contributed by atoms with van der Waals surface area (Å²) in [6.45, 7) is 7.54. The van der Waals surface area contributed by atoms with E-state index in [-0.39, 0.29) is 11.4 Å². The molecule has 2 unspecified atom stereocenters. The summed E-state index contributed by atoms with van der Waals surface area (Å²) in [5, 5.41) is 9.37. The van der Waals surface area contributed by atoms with Gasteiger partial charge in [0.2, 0.25) is 5.91 Å². The number of fused-ring (bicyclic) bond motifs is 1. The van der Waals surface area contributed by atoms with Gasteiger partial charge in [-0.05, 0) is 49.6 Å². The molecule has 0 radical (unpaired) electrons. The molecule has 2 atom stereocenters. The summed E-state index contributed by atoms with van der Waals surface area (Å²) in [6, 6.07) is 11.9. The molecule has 28 heavy (non-hydrogen) atoms. The Balaban J connectivity index is 2.09. The number of hydrogen-bond donors (Lipinski definition) is 1. The van der Waals surface area contributed by atoms with Crippen LogP contribution in [0, 0.1) is 24.1 Å². The number of aryl methyl sites for hydroxylation is 1. The lowest BCUT2D eigenvalue weighted by molar-refractivity contribution is -0.121. The zero-order chi connectivity index (χ0) is 20.6. The van der Waals surface area contributed by atoms with Gasteiger partial charge in [0, 0.05) is 5.92 Å². The van der Waals surface area contributed by atoms with Gasteiger partial charge in [0.05, 0.1) is 23.3 Å². The minimum Gasteiger partial charge on any atom is -0.368 e. The first-order valence-corrected chi connectivity index (χ1v) is 9.10. The molecule has 2 N–H and O–H groups in total. The average Bonchev–Trinajstić information content (AvgIpc) is 3.06. The molecular weight excluding hydrogens is 355 g/mol. The summed E-state index contributed by atoms with van der Waals surface area (Å²) in [7, 11) is 0. The van der Waals surface area contributed by atoms with Gasteiger partial charge in [-0.2, -0.15) is 5.26 Å². The van der Waals surface area contributed by atoms with Gasteiger partial charge in [-0.25, -0.2) is 9.37 Å². The third-order valence-corrected chi connectivity index (χ3v) is 5.37. The number of nitrogens with two attached hydrogens (primary N) is 1. The Kier molecular flexibility index (Phi) is 4.95. The van der Waals surface area contributed by atoms with Crippen molar-refractivity contribution >= 4 is 16.9 Å². The molecule has 2 aromatic carbocycles. The minimum atomic E-state index is -0.796. The SMILES string of the molecule is Cc1cc(C(C)(C)C#N)ccc1C(C)C(C(N)=O)n1cnc2cccc(F)c21. The topological polar surface area (TPSA) is 84.7 Å². The van der Waals surface area contributed by atoms with Gasteiger partial charge in [0.25, 0.3) is 0 Å². The minimum absolute atomic E-state index is 0.262. The predicted molar refractivity (Wildman–Crippen MR) is 106 cm³/mol. The van der Waals surface area contributed by atoms with Crippen LogP contribution in [-0.2, 0) is 10.2 Å². The van der Waals surface area contributed by atoms with Gasteiger partial charge >= 0.3 is 0 Å². The number of rotatable bonds is 5. The van der Waals surface area contributed by atoms with Crippen LogP contribution in [0.2, 0.25) is 0 Å². The van der Waals surface area contributed by atoms with Crippen molar-refractivity contribution in [3.8, 4) is 6.07 Å². The number of primary amides is 1. The third kappa shape index (κ3) is 3.24. The van der Waals surface area contributed by atoms with Crippen molar-refractivity contribution in [2.75, 3.05) is 0 Å². The third-order valence-electron chi connectivity index (χ3n) is 5.37. The molecule has 5 nitrogen and oxygen atoms in total. The highest BCUT2D eigenvalue weighted by Gasteiger charge is 2.30. The van der Waals surface area contributed by atoms with Crippen LogP contribution in [-0.4, -0.2) is 15.5 Å². The summed E-state index contributed by atoms with van der Waals surface area (Å²) in [5.74, 6) is -1.32. The van der Waals surface area contributed by atoms with Gasteiger partial charge in [-0.15, -0.1) is 0 Å². The number of amides is 1. The number of benzene rings is 2. The van der Waals surface area contributed by atoms with Gasteiger partial charge < -0.3 is 10.3 Å². The van der Waals surface area contributed by atoms with E-state index < -0.39 is 23.2 Å². The molecule has 3 rings (SSSR count). The van der Waals surface area contributed by atoms with E-state index >= 15 is 0 Å². The largest absolute Gasteiger partial charge is 0.368 e. The Morgan fingerprint density at radius 3 is 2.64 bits per heavy atom. The molecule has 1 amide bonds. The second-order valence-electron chi connectivity index (χ2n) is 7.70. The molecule has 144 valence electrons. The summed E-state index contributed by atoms with van der Waals surface area (Å²) in [6.07, 6.45) is 1.46. The highest BCUT2D eigenvalue weighted by Crippen LogP contribution is 2.35. The van der Waals surface area contributed by atoms with Crippen LogP contribution in [0.1, 0.15) is 49.4 Å². The average molecular weight is 378 g/mol. The van der Waals surface area contributed by atoms with Crippen LogP contribution in [0.15, 0.2) is 42.7 Å². The molecule has 0 fully saturated rings. The van der Waals surface area contributed by atoms with E-state index in [9.17, 15) is 14.4 Å². The highest BCUT2D eigenvalue weighted by atomic mass is 19.1. The molecule has 0 aliphatic heterocycles. The molecule has 1 heterocycles. The number of halogens is 1. The second kappa shape index (κ2) is 7.08. The lowest BCUT2D eigenvalue weighted by Gasteiger charge is -2.26. The Bertz CT molecular complexity index is 1090. The van der Waals surface area contributed by atoms with Crippen molar-refractivity contribution in [2.45, 2.75) is 45.1 Å². The standard InChI is InChI=1S/C22H23FN4O/c1-13-10-15(22(3,4)11-24)8-9-16(13)14(2)19(21(25)28)27-12-26-18-7-5-6-17(23)20(18)27/h5-10,12,14,19H,1-4H3,(H2,25,28). The van der Waals surface area contributed by atoms with E-state index in [1.165, 1.54) is 17.0 Å². The fourth-order valence-electron chi connectivity index (χ4n) is 3.69. The molecule has 1 aromatic heterocycles. The Labute approximate surface area is 163 Å². The summed E-state index contributed by atoms with van der Waals surface area (Å²) >= 11 is 0. The second-order valence-corrected chi connectivity index (χ2v) is 7.70. The molecule has 3 aromatic rings. The Morgan fingerprint density at radius 2 is 2.04 bits per heavy atom. The van der Waals surface area contributed by atoms with Crippen LogP contribution in [0.5, 0.6) is 0 Å². The van der Waals surface area contributed by atoms with Gasteiger partial charge in [-0.3, -0.25) is 4.79 Å². The quantitative estimate of drug-likeness (QED) is 0.725. The number of nitrogens with zero attached hydrogens (tertiary/aromatic N) is 3. The van der Waals surface area contributed by atoms with E-state index in [0.29, 0.717) is 5.52 Å². The first kappa shape index (κ1) is 19.6. The van der Waals surface area contributed by atoms with Crippen LogP contribution < -0.4 is 5.73 Å². The lowest BCUT2D eigenvalue weighted by Crippen LogP contribution is -2.31. The Hall–Kier alpha value is -3.20. The number of nitriles is 1. The predicted octanol–water partition coefficient (Wildman–Crippen LogP) is 4.12. The number of carbonyl (C=O) groups is 1. The zero-order valence-electron chi connectivity index (χ0n) is 16.4. The monoisotopic (exact) mass is 378 g/mol. The maximum atomic E-state index is 14.4. The lowest BCUT2D eigenvalue weighted by atomic mass is 9.82.